The molecular weight excluding hydrogens is 372 g/mol. The summed E-state index contributed by atoms with van der Waals surface area (Å²) in [7, 11) is 0. The van der Waals surface area contributed by atoms with Crippen LogP contribution in [-0.4, -0.2) is 56.3 Å². The standard InChI is InChI=1S/C21H26N4O2S/c1-14-19(28-13-23-14)17-12-16(7-9-22-17)20(27)24-10-5-8-21(3)18(24)6-4-11-25(21)15(2)26/h7,9,12-13,18H,4-6,8,10-11H2,1-3H3/t18-,21-/m0/s1. The molecule has 4 heterocycles. The number of rotatable bonds is 2. The average Bonchev–Trinajstić information content (AvgIpc) is 3.11. The molecule has 2 saturated heterocycles. The Hall–Kier alpha value is -2.28. The first-order valence-electron chi connectivity index (χ1n) is 9.87. The summed E-state index contributed by atoms with van der Waals surface area (Å²) >= 11 is 1.54. The molecule has 2 aromatic heterocycles. The molecule has 0 radical (unpaired) electrons. The highest BCUT2D eigenvalue weighted by atomic mass is 32.1. The van der Waals surface area contributed by atoms with Crippen LogP contribution in [0.3, 0.4) is 0 Å². The predicted molar refractivity (Wildman–Crippen MR) is 109 cm³/mol. The maximum absolute atomic E-state index is 13.5. The molecule has 2 aliphatic heterocycles. The van der Waals surface area contributed by atoms with Crippen molar-refractivity contribution in [2.45, 2.75) is 58.0 Å². The van der Waals surface area contributed by atoms with Gasteiger partial charge in [-0.25, -0.2) is 4.98 Å². The third-order valence-electron chi connectivity index (χ3n) is 6.28. The molecule has 0 aliphatic carbocycles. The number of likely N-dealkylation sites (tertiary alicyclic amines) is 2. The van der Waals surface area contributed by atoms with E-state index in [9.17, 15) is 9.59 Å². The Labute approximate surface area is 169 Å². The Bertz CT molecular complexity index is 911. The molecule has 2 amide bonds. The van der Waals surface area contributed by atoms with E-state index in [1.165, 1.54) is 11.3 Å². The Balaban J connectivity index is 1.65. The van der Waals surface area contributed by atoms with E-state index in [2.05, 4.69) is 16.9 Å². The van der Waals surface area contributed by atoms with E-state index in [1.807, 2.05) is 22.8 Å². The van der Waals surface area contributed by atoms with Crippen LogP contribution < -0.4 is 0 Å². The summed E-state index contributed by atoms with van der Waals surface area (Å²) in [6.45, 7) is 7.27. The van der Waals surface area contributed by atoms with Crippen molar-refractivity contribution in [1.82, 2.24) is 19.8 Å². The molecule has 4 rings (SSSR count). The Kier molecular flexibility index (Phi) is 4.95. The zero-order chi connectivity index (χ0) is 19.9. The van der Waals surface area contributed by atoms with E-state index < -0.39 is 0 Å². The van der Waals surface area contributed by atoms with Crippen LogP contribution in [0.15, 0.2) is 23.8 Å². The minimum Gasteiger partial charge on any atom is -0.335 e. The van der Waals surface area contributed by atoms with Gasteiger partial charge in [0.1, 0.15) is 0 Å². The van der Waals surface area contributed by atoms with E-state index in [0.29, 0.717) is 5.56 Å². The highest BCUT2D eigenvalue weighted by Gasteiger charge is 2.49. The van der Waals surface area contributed by atoms with Gasteiger partial charge >= 0.3 is 0 Å². The lowest BCUT2D eigenvalue weighted by atomic mass is 9.76. The third-order valence-corrected chi connectivity index (χ3v) is 7.23. The number of hydrogen-bond donors (Lipinski definition) is 0. The molecule has 2 aliphatic rings. The maximum atomic E-state index is 13.5. The molecule has 0 N–H and O–H groups in total. The van der Waals surface area contributed by atoms with Crippen molar-refractivity contribution in [3.8, 4) is 10.6 Å². The summed E-state index contributed by atoms with van der Waals surface area (Å²) in [5.74, 6) is 0.139. The summed E-state index contributed by atoms with van der Waals surface area (Å²) in [6.07, 6.45) is 5.44. The normalized spacial score (nSPS) is 24.8. The van der Waals surface area contributed by atoms with Gasteiger partial charge in [0.05, 0.1) is 33.4 Å². The molecule has 0 saturated carbocycles. The monoisotopic (exact) mass is 398 g/mol. The molecule has 2 atom stereocenters. The summed E-state index contributed by atoms with van der Waals surface area (Å²) in [5.41, 5.74) is 3.90. The highest BCUT2D eigenvalue weighted by Crippen LogP contribution is 2.40. The van der Waals surface area contributed by atoms with Crippen molar-refractivity contribution >= 4 is 23.2 Å². The zero-order valence-electron chi connectivity index (χ0n) is 16.6. The topological polar surface area (TPSA) is 66.4 Å². The third kappa shape index (κ3) is 3.11. The Morgan fingerprint density at radius 1 is 1.25 bits per heavy atom. The number of fused-ring (bicyclic) bond motifs is 1. The Morgan fingerprint density at radius 2 is 2.07 bits per heavy atom. The number of hydrogen-bond acceptors (Lipinski definition) is 5. The first-order chi connectivity index (χ1) is 13.4. The van der Waals surface area contributed by atoms with Gasteiger partial charge < -0.3 is 9.80 Å². The van der Waals surface area contributed by atoms with Crippen LogP contribution in [0.4, 0.5) is 0 Å². The van der Waals surface area contributed by atoms with Gasteiger partial charge in [-0.3, -0.25) is 14.6 Å². The average molecular weight is 399 g/mol. The predicted octanol–water partition coefficient (Wildman–Crippen LogP) is 3.52. The lowest BCUT2D eigenvalue weighted by Crippen LogP contribution is -2.67. The van der Waals surface area contributed by atoms with Crippen molar-refractivity contribution in [2.24, 2.45) is 0 Å². The zero-order valence-corrected chi connectivity index (χ0v) is 17.5. The van der Waals surface area contributed by atoms with Gasteiger partial charge in [0, 0.05) is 31.8 Å². The van der Waals surface area contributed by atoms with Crippen molar-refractivity contribution in [3.63, 3.8) is 0 Å². The smallest absolute Gasteiger partial charge is 0.254 e. The van der Waals surface area contributed by atoms with Crippen molar-refractivity contribution in [3.05, 3.63) is 35.1 Å². The number of aryl methyl sites for hydroxylation is 1. The molecular formula is C21H26N4O2S. The first-order valence-corrected chi connectivity index (χ1v) is 10.8. The van der Waals surface area contributed by atoms with Crippen molar-refractivity contribution in [1.29, 1.82) is 0 Å². The fourth-order valence-corrected chi connectivity index (χ4v) is 5.68. The maximum Gasteiger partial charge on any atom is 0.254 e. The number of thiazole rings is 1. The number of nitrogens with zero attached hydrogens (tertiary/aromatic N) is 4. The molecule has 0 aromatic carbocycles. The van der Waals surface area contributed by atoms with Gasteiger partial charge in [0.2, 0.25) is 5.91 Å². The van der Waals surface area contributed by atoms with Crippen LogP contribution in [0.5, 0.6) is 0 Å². The minimum absolute atomic E-state index is 0.0344. The summed E-state index contributed by atoms with van der Waals surface area (Å²) in [6, 6.07) is 3.73. The van der Waals surface area contributed by atoms with Crippen LogP contribution in [0.1, 0.15) is 55.6 Å². The lowest BCUT2D eigenvalue weighted by Gasteiger charge is -2.56. The first kappa shape index (κ1) is 19.1. The number of carbonyl (C=O) groups is 2. The number of pyridine rings is 1. The van der Waals surface area contributed by atoms with Crippen LogP contribution in [-0.2, 0) is 4.79 Å². The van der Waals surface area contributed by atoms with Crippen LogP contribution in [0, 0.1) is 6.92 Å². The van der Waals surface area contributed by atoms with Crippen LogP contribution in [0.2, 0.25) is 0 Å². The fourth-order valence-electron chi connectivity index (χ4n) is 4.91. The van der Waals surface area contributed by atoms with Crippen LogP contribution >= 0.6 is 11.3 Å². The molecule has 0 bridgehead atoms. The van der Waals surface area contributed by atoms with Crippen LogP contribution in [0.25, 0.3) is 10.6 Å². The Morgan fingerprint density at radius 3 is 2.79 bits per heavy atom. The van der Waals surface area contributed by atoms with Gasteiger partial charge in [0.15, 0.2) is 0 Å². The van der Waals surface area contributed by atoms with Gasteiger partial charge in [-0.2, -0.15) is 0 Å². The molecule has 0 unspecified atom stereocenters. The molecule has 6 nitrogen and oxygen atoms in total. The SMILES string of the molecule is CC(=O)N1CCC[C@@H]2N(C(=O)c3ccnc(-c4scnc4C)c3)CCC[C@@]21C. The highest BCUT2D eigenvalue weighted by molar-refractivity contribution is 7.13. The minimum atomic E-state index is -0.276. The molecule has 148 valence electrons. The number of aromatic nitrogens is 2. The summed E-state index contributed by atoms with van der Waals surface area (Å²) in [5, 5.41) is 0. The van der Waals surface area contributed by atoms with E-state index in [-0.39, 0.29) is 23.4 Å². The van der Waals surface area contributed by atoms with Crippen molar-refractivity contribution < 1.29 is 9.59 Å². The van der Waals surface area contributed by atoms with E-state index in [4.69, 9.17) is 0 Å². The summed E-state index contributed by atoms with van der Waals surface area (Å²) in [4.78, 5) is 39.4. The van der Waals surface area contributed by atoms with Crippen molar-refractivity contribution in [2.75, 3.05) is 13.1 Å². The quantitative estimate of drug-likeness (QED) is 0.776. The van der Waals surface area contributed by atoms with Gasteiger partial charge in [-0.05, 0) is 51.7 Å². The summed E-state index contributed by atoms with van der Waals surface area (Å²) < 4.78 is 0. The van der Waals surface area contributed by atoms with Gasteiger partial charge in [0.25, 0.3) is 5.91 Å². The van der Waals surface area contributed by atoms with E-state index in [1.54, 1.807) is 24.7 Å². The second kappa shape index (κ2) is 7.28. The number of carbonyl (C=O) groups excluding carboxylic acids is 2. The molecule has 2 aromatic rings. The number of piperidine rings is 2. The molecule has 2 fully saturated rings. The van der Waals surface area contributed by atoms with E-state index in [0.717, 1.165) is 55.0 Å². The lowest BCUT2D eigenvalue weighted by molar-refractivity contribution is -0.143. The second-order valence-electron chi connectivity index (χ2n) is 7.98. The fraction of sp³-hybridized carbons (Fsp3) is 0.524. The number of amides is 2. The molecule has 0 spiro atoms. The van der Waals surface area contributed by atoms with E-state index >= 15 is 0 Å². The molecule has 7 heteroatoms. The molecule has 28 heavy (non-hydrogen) atoms. The largest absolute Gasteiger partial charge is 0.335 e. The second-order valence-corrected chi connectivity index (χ2v) is 8.84. The van der Waals surface area contributed by atoms with Gasteiger partial charge in [-0.15, -0.1) is 11.3 Å². The van der Waals surface area contributed by atoms with Gasteiger partial charge in [-0.1, -0.05) is 0 Å².